The van der Waals surface area contributed by atoms with E-state index >= 15 is 0 Å². The zero-order valence-electron chi connectivity index (χ0n) is 23.1. The van der Waals surface area contributed by atoms with E-state index in [4.69, 9.17) is 25.7 Å². The van der Waals surface area contributed by atoms with Crippen LogP contribution >= 0.6 is 0 Å². The summed E-state index contributed by atoms with van der Waals surface area (Å²) in [6.07, 6.45) is 1.33. The number of rotatable bonds is 11. The van der Waals surface area contributed by atoms with Gasteiger partial charge in [-0.25, -0.2) is 14.2 Å². The molecule has 3 N–H and O–H groups in total. The van der Waals surface area contributed by atoms with Crippen molar-refractivity contribution < 1.29 is 19.0 Å². The average Bonchev–Trinajstić information content (AvgIpc) is 3.35. The Morgan fingerprint density at radius 2 is 1.88 bits per heavy atom. The van der Waals surface area contributed by atoms with Crippen molar-refractivity contribution in [3.05, 3.63) is 118 Å². The molecule has 0 spiro atoms. The Labute approximate surface area is 242 Å². The van der Waals surface area contributed by atoms with E-state index in [-0.39, 0.29) is 17.5 Å². The fourth-order valence-electron chi connectivity index (χ4n) is 4.93. The number of nitrogens with two attached hydrogens (primary N) is 1. The van der Waals surface area contributed by atoms with Crippen molar-refractivity contribution in [2.24, 2.45) is 5.73 Å². The normalized spacial score (nSPS) is 11.9. The van der Waals surface area contributed by atoms with Gasteiger partial charge in [0, 0.05) is 31.3 Å². The van der Waals surface area contributed by atoms with E-state index in [1.165, 1.54) is 6.07 Å². The van der Waals surface area contributed by atoms with E-state index in [0.29, 0.717) is 49.0 Å². The summed E-state index contributed by atoms with van der Waals surface area (Å²) in [5.74, 6) is -0.591. The molecular formula is C33H30FN5O3. The van der Waals surface area contributed by atoms with Crippen molar-refractivity contribution in [2.45, 2.75) is 31.9 Å². The van der Waals surface area contributed by atoms with Gasteiger partial charge in [0.25, 0.3) is 0 Å². The first-order chi connectivity index (χ1) is 20.4. The fraction of sp³-hybridized carbons (Fsp3) is 0.212. The molecular weight excluding hydrogens is 533 g/mol. The number of imidazole rings is 1. The summed E-state index contributed by atoms with van der Waals surface area (Å²) in [4.78, 5) is 21.2. The monoisotopic (exact) mass is 563 g/mol. The second kappa shape index (κ2) is 12.7. The minimum atomic E-state index is -0.997. The Balaban J connectivity index is 1.35. The minimum Gasteiger partial charge on any atom is -0.478 e. The summed E-state index contributed by atoms with van der Waals surface area (Å²) in [5.41, 5.74) is 12.0. The molecule has 0 amide bonds. The molecule has 0 unspecified atom stereocenters. The van der Waals surface area contributed by atoms with E-state index in [2.05, 4.69) is 0 Å². The number of fused-ring (bicyclic) bond motifs is 1. The number of ether oxygens (including phenoxy) is 1. The lowest BCUT2D eigenvalue weighted by Crippen LogP contribution is -2.28. The third-order valence-electron chi connectivity index (χ3n) is 7.31. The zero-order valence-corrected chi connectivity index (χ0v) is 23.1. The Hall–Kier alpha value is -4.91. The number of benzene rings is 3. The van der Waals surface area contributed by atoms with Crippen LogP contribution in [0.15, 0.2) is 78.9 Å². The van der Waals surface area contributed by atoms with E-state index < -0.39 is 5.97 Å². The maximum atomic E-state index is 14.3. The maximum absolute atomic E-state index is 14.3. The molecule has 2 aromatic heterocycles. The van der Waals surface area contributed by atoms with Crippen molar-refractivity contribution in [3.8, 4) is 17.3 Å². The van der Waals surface area contributed by atoms with Crippen LogP contribution in [0.5, 0.6) is 0 Å². The molecule has 5 aromatic rings. The number of nitrogens with zero attached hydrogens (tertiary/aromatic N) is 4. The predicted octanol–water partition coefficient (Wildman–Crippen LogP) is 5.16. The molecule has 8 nitrogen and oxygen atoms in total. The summed E-state index contributed by atoms with van der Waals surface area (Å²) in [6, 6.07) is 25.3. The third kappa shape index (κ3) is 6.36. The molecule has 1 atom stereocenters. The third-order valence-corrected chi connectivity index (χ3v) is 7.31. The molecule has 2 heterocycles. The van der Waals surface area contributed by atoms with Crippen LogP contribution in [0.4, 0.5) is 4.39 Å². The highest BCUT2D eigenvalue weighted by atomic mass is 19.1. The quantitative estimate of drug-likeness (QED) is 0.227. The number of carboxylic acids is 1. The van der Waals surface area contributed by atoms with Gasteiger partial charge in [-0.2, -0.15) is 5.26 Å². The van der Waals surface area contributed by atoms with Gasteiger partial charge in [0.2, 0.25) is 0 Å². The number of hydrogen-bond donors (Lipinski definition) is 2. The SMILES string of the molecule is CO[C@@H](CN)Cn1c(Cc2ccc(-c3cccc(CCc4ccc(C#N)cc4F)n3)cc2)nc2ccc(C(=O)O)cc21. The van der Waals surface area contributed by atoms with Gasteiger partial charge >= 0.3 is 5.97 Å². The van der Waals surface area contributed by atoms with Crippen LogP contribution in [-0.4, -0.2) is 45.4 Å². The van der Waals surface area contributed by atoms with Gasteiger partial charge in [-0.1, -0.05) is 36.4 Å². The molecule has 5 rings (SSSR count). The molecule has 0 radical (unpaired) electrons. The minimum absolute atomic E-state index is 0.193. The number of carboxylic acid groups (broad SMARTS) is 1. The number of carbonyl (C=O) groups is 1. The highest BCUT2D eigenvalue weighted by molar-refractivity contribution is 5.92. The smallest absolute Gasteiger partial charge is 0.335 e. The summed E-state index contributed by atoms with van der Waals surface area (Å²) >= 11 is 0. The standard InChI is InChI=1S/C33H30FN5O3/c1-42-27(19-36)20-39-31-17-25(33(40)41)12-14-30(31)38-32(39)16-21-5-9-24(10-6-21)29-4-2-3-26(37-29)13-11-23-8-7-22(18-35)15-28(23)34/h2-10,12,14-15,17,27H,11,13,16,19-20,36H2,1H3,(H,40,41)/t27-/m0/s1. The molecule has 0 saturated carbocycles. The Morgan fingerprint density at radius 3 is 2.57 bits per heavy atom. The van der Waals surface area contributed by atoms with E-state index in [1.54, 1.807) is 37.4 Å². The molecule has 0 bridgehead atoms. The Morgan fingerprint density at radius 1 is 1.07 bits per heavy atom. The van der Waals surface area contributed by atoms with Gasteiger partial charge in [0.15, 0.2) is 0 Å². The summed E-state index contributed by atoms with van der Waals surface area (Å²) in [7, 11) is 1.60. The van der Waals surface area contributed by atoms with Crippen molar-refractivity contribution in [1.82, 2.24) is 14.5 Å². The number of pyridine rings is 1. The van der Waals surface area contributed by atoms with Crippen LogP contribution in [0.1, 0.15) is 38.6 Å². The number of aromatic carboxylic acids is 1. The van der Waals surface area contributed by atoms with Crippen LogP contribution in [0.25, 0.3) is 22.3 Å². The molecule has 42 heavy (non-hydrogen) atoms. The fourth-order valence-corrected chi connectivity index (χ4v) is 4.93. The zero-order chi connectivity index (χ0) is 29.6. The molecule has 0 fully saturated rings. The predicted molar refractivity (Wildman–Crippen MR) is 158 cm³/mol. The largest absolute Gasteiger partial charge is 0.478 e. The van der Waals surface area contributed by atoms with Gasteiger partial charge in [-0.15, -0.1) is 0 Å². The van der Waals surface area contributed by atoms with Gasteiger partial charge in [-0.05, 0) is 66.4 Å². The van der Waals surface area contributed by atoms with Gasteiger partial charge < -0.3 is 20.1 Å². The average molecular weight is 564 g/mol. The first-order valence-corrected chi connectivity index (χ1v) is 13.6. The number of halogens is 1. The number of hydrogen-bond acceptors (Lipinski definition) is 6. The van der Waals surface area contributed by atoms with Crippen LogP contribution in [0, 0.1) is 17.1 Å². The molecule has 0 aliphatic heterocycles. The van der Waals surface area contributed by atoms with Crippen LogP contribution in [-0.2, 0) is 30.5 Å². The second-order valence-corrected chi connectivity index (χ2v) is 10.0. The summed E-state index contributed by atoms with van der Waals surface area (Å²) in [5, 5.41) is 18.4. The van der Waals surface area contributed by atoms with Crippen molar-refractivity contribution in [2.75, 3.05) is 13.7 Å². The van der Waals surface area contributed by atoms with E-state index in [9.17, 15) is 14.3 Å². The topological polar surface area (TPSA) is 127 Å². The van der Waals surface area contributed by atoms with E-state index in [1.807, 2.05) is 53.1 Å². The number of nitriles is 1. The second-order valence-electron chi connectivity index (χ2n) is 10.0. The molecule has 0 aliphatic carbocycles. The lowest BCUT2D eigenvalue weighted by molar-refractivity contribution is 0.0697. The van der Waals surface area contributed by atoms with Gasteiger partial charge in [0.1, 0.15) is 11.6 Å². The molecule has 3 aromatic carbocycles. The molecule has 9 heteroatoms. The van der Waals surface area contributed by atoms with Gasteiger partial charge in [-0.3, -0.25) is 4.98 Å². The highest BCUT2D eigenvalue weighted by Gasteiger charge is 2.17. The van der Waals surface area contributed by atoms with E-state index in [0.717, 1.165) is 33.9 Å². The Kier molecular flexibility index (Phi) is 8.67. The van der Waals surface area contributed by atoms with Crippen LogP contribution in [0.3, 0.4) is 0 Å². The first kappa shape index (κ1) is 28.6. The summed E-state index contributed by atoms with van der Waals surface area (Å²) in [6.45, 7) is 0.764. The van der Waals surface area contributed by atoms with Crippen LogP contribution < -0.4 is 5.73 Å². The van der Waals surface area contributed by atoms with Crippen molar-refractivity contribution in [3.63, 3.8) is 0 Å². The maximum Gasteiger partial charge on any atom is 0.335 e. The number of methoxy groups -OCH3 is 1. The number of aryl methyl sites for hydroxylation is 2. The lowest BCUT2D eigenvalue weighted by atomic mass is 10.0. The number of aromatic nitrogens is 3. The van der Waals surface area contributed by atoms with Crippen LogP contribution in [0.2, 0.25) is 0 Å². The Bertz CT molecular complexity index is 1770. The first-order valence-electron chi connectivity index (χ1n) is 13.6. The summed E-state index contributed by atoms with van der Waals surface area (Å²) < 4.78 is 21.8. The highest BCUT2D eigenvalue weighted by Crippen LogP contribution is 2.24. The van der Waals surface area contributed by atoms with Crippen molar-refractivity contribution >= 4 is 17.0 Å². The molecule has 0 aliphatic rings. The van der Waals surface area contributed by atoms with Gasteiger partial charge in [0.05, 0.1) is 46.6 Å². The van der Waals surface area contributed by atoms with Crippen molar-refractivity contribution in [1.29, 1.82) is 5.26 Å². The molecule has 212 valence electrons. The molecule has 0 saturated heterocycles. The lowest BCUT2D eigenvalue weighted by Gasteiger charge is -2.17.